The van der Waals surface area contributed by atoms with Crippen molar-refractivity contribution >= 4 is 27.5 Å². The lowest BCUT2D eigenvalue weighted by atomic mass is 9.96. The molecule has 0 amide bonds. The van der Waals surface area contributed by atoms with E-state index >= 15 is 0 Å². The molecule has 1 aliphatic rings. The number of halogens is 1. The highest BCUT2D eigenvalue weighted by Gasteiger charge is 2.29. The number of pyridine rings is 1. The van der Waals surface area contributed by atoms with Gasteiger partial charge in [-0.1, -0.05) is 19.1 Å². The molecule has 1 fully saturated rings. The van der Waals surface area contributed by atoms with E-state index in [2.05, 4.69) is 44.9 Å². The summed E-state index contributed by atoms with van der Waals surface area (Å²) < 4.78 is 6.98. The molecule has 0 radical (unpaired) electrons. The SMILES string of the molecule is CC(=O)C[C@@H](C)c1ccc(OC2CN(c3ccc(Br)cn3)C2)cc1. The van der Waals surface area contributed by atoms with Gasteiger partial charge in [-0.25, -0.2) is 4.98 Å². The lowest BCUT2D eigenvalue weighted by Gasteiger charge is -2.39. The van der Waals surface area contributed by atoms with Gasteiger partial charge in [0, 0.05) is 17.1 Å². The minimum atomic E-state index is 0.191. The summed E-state index contributed by atoms with van der Waals surface area (Å²) in [5.41, 5.74) is 1.17. The smallest absolute Gasteiger partial charge is 0.134 e. The molecule has 1 aromatic heterocycles. The highest BCUT2D eigenvalue weighted by atomic mass is 79.9. The Kier molecular flexibility index (Phi) is 5.19. The molecule has 1 atom stereocenters. The van der Waals surface area contributed by atoms with Crippen LogP contribution in [-0.2, 0) is 4.79 Å². The molecule has 0 N–H and O–H groups in total. The summed E-state index contributed by atoms with van der Waals surface area (Å²) in [6.45, 7) is 5.40. The molecule has 1 aromatic carbocycles. The molecule has 5 heteroatoms. The number of carbonyl (C=O) groups is 1. The quantitative estimate of drug-likeness (QED) is 0.743. The van der Waals surface area contributed by atoms with Crippen LogP contribution in [0, 0.1) is 0 Å². The van der Waals surface area contributed by atoms with E-state index in [1.54, 1.807) is 6.92 Å². The molecular weight excluding hydrogens is 368 g/mol. The summed E-state index contributed by atoms with van der Waals surface area (Å²) in [4.78, 5) is 17.8. The minimum Gasteiger partial charge on any atom is -0.487 e. The average Bonchev–Trinajstić information content (AvgIpc) is 2.51. The average molecular weight is 389 g/mol. The van der Waals surface area contributed by atoms with E-state index in [4.69, 9.17) is 4.74 Å². The minimum absolute atomic E-state index is 0.191. The first-order valence-electron chi connectivity index (χ1n) is 8.14. The van der Waals surface area contributed by atoms with Crippen LogP contribution in [0.3, 0.4) is 0 Å². The standard InChI is InChI=1S/C19H21BrN2O2/c1-13(9-14(2)23)15-3-6-17(7-4-15)24-18-11-22(12-18)19-8-5-16(20)10-21-19/h3-8,10,13,18H,9,11-12H2,1-2H3/t13-/m1/s1. The molecule has 0 saturated carbocycles. The predicted octanol–water partition coefficient (Wildman–Crippen LogP) is 4.19. The largest absolute Gasteiger partial charge is 0.487 e. The summed E-state index contributed by atoms with van der Waals surface area (Å²) in [7, 11) is 0. The zero-order chi connectivity index (χ0) is 17.1. The van der Waals surface area contributed by atoms with Gasteiger partial charge in [0.25, 0.3) is 0 Å². The van der Waals surface area contributed by atoms with Crippen molar-refractivity contribution in [3.8, 4) is 5.75 Å². The Morgan fingerprint density at radius 1 is 1.29 bits per heavy atom. The Bertz CT molecular complexity index is 694. The molecule has 2 heterocycles. The maximum Gasteiger partial charge on any atom is 0.134 e. The number of benzene rings is 1. The van der Waals surface area contributed by atoms with E-state index in [1.807, 2.05) is 30.5 Å². The molecule has 126 valence electrons. The monoisotopic (exact) mass is 388 g/mol. The fraction of sp³-hybridized carbons (Fsp3) is 0.368. The highest BCUT2D eigenvalue weighted by Crippen LogP contribution is 2.26. The van der Waals surface area contributed by atoms with Crippen molar-refractivity contribution in [2.45, 2.75) is 32.3 Å². The van der Waals surface area contributed by atoms with E-state index in [9.17, 15) is 4.79 Å². The first-order chi connectivity index (χ1) is 11.5. The van der Waals surface area contributed by atoms with E-state index < -0.39 is 0 Å². The molecule has 0 spiro atoms. The molecule has 1 saturated heterocycles. The second-order valence-corrected chi connectivity index (χ2v) is 7.27. The van der Waals surface area contributed by atoms with Gasteiger partial charge in [-0.15, -0.1) is 0 Å². The van der Waals surface area contributed by atoms with Crippen molar-refractivity contribution in [3.63, 3.8) is 0 Å². The fourth-order valence-electron chi connectivity index (χ4n) is 2.87. The third kappa shape index (κ3) is 4.15. The normalized spacial score (nSPS) is 15.7. The lowest BCUT2D eigenvalue weighted by molar-refractivity contribution is -0.117. The van der Waals surface area contributed by atoms with Gasteiger partial charge in [0.05, 0.1) is 13.1 Å². The number of hydrogen-bond acceptors (Lipinski definition) is 4. The zero-order valence-electron chi connectivity index (χ0n) is 13.9. The van der Waals surface area contributed by atoms with Gasteiger partial charge in [-0.2, -0.15) is 0 Å². The number of carbonyl (C=O) groups excluding carboxylic acids is 1. The van der Waals surface area contributed by atoms with E-state index in [0.29, 0.717) is 6.42 Å². The molecule has 1 aliphatic heterocycles. The first kappa shape index (κ1) is 17.0. The molecule has 0 unspecified atom stereocenters. The summed E-state index contributed by atoms with van der Waals surface area (Å²) >= 11 is 3.40. The number of rotatable bonds is 6. The second kappa shape index (κ2) is 7.34. The van der Waals surface area contributed by atoms with Gasteiger partial charge in [-0.05, 0) is 58.6 Å². The number of Topliss-reactive ketones (excluding diaryl/α,β-unsaturated/α-hetero) is 1. The lowest BCUT2D eigenvalue weighted by Crippen LogP contribution is -2.54. The number of hydrogen-bond donors (Lipinski definition) is 0. The number of anilines is 1. The molecule has 3 rings (SSSR count). The van der Waals surface area contributed by atoms with Gasteiger partial charge >= 0.3 is 0 Å². The van der Waals surface area contributed by atoms with Crippen molar-refractivity contribution in [3.05, 3.63) is 52.6 Å². The summed E-state index contributed by atoms with van der Waals surface area (Å²) in [5.74, 6) is 2.33. The summed E-state index contributed by atoms with van der Waals surface area (Å²) in [6, 6.07) is 12.1. The topological polar surface area (TPSA) is 42.4 Å². The maximum absolute atomic E-state index is 11.2. The van der Waals surface area contributed by atoms with Gasteiger partial charge in [0.2, 0.25) is 0 Å². The van der Waals surface area contributed by atoms with Gasteiger partial charge < -0.3 is 14.4 Å². The van der Waals surface area contributed by atoms with Crippen LogP contribution < -0.4 is 9.64 Å². The third-order valence-corrected chi connectivity index (χ3v) is 4.70. The van der Waals surface area contributed by atoms with Crippen LogP contribution in [0.25, 0.3) is 0 Å². The Labute approximate surface area is 151 Å². The first-order valence-corrected chi connectivity index (χ1v) is 8.93. The van der Waals surface area contributed by atoms with Crippen LogP contribution in [-0.4, -0.2) is 30.0 Å². The predicted molar refractivity (Wildman–Crippen MR) is 98.7 cm³/mol. The van der Waals surface area contributed by atoms with Crippen molar-refractivity contribution in [1.29, 1.82) is 0 Å². The summed E-state index contributed by atoms with van der Waals surface area (Å²) in [6.07, 6.45) is 2.58. The van der Waals surface area contributed by atoms with E-state index in [0.717, 1.165) is 29.1 Å². The van der Waals surface area contributed by atoms with E-state index in [1.165, 1.54) is 5.56 Å². The fourth-order valence-corrected chi connectivity index (χ4v) is 3.11. The number of nitrogens with zero attached hydrogens (tertiary/aromatic N) is 2. The number of aromatic nitrogens is 1. The van der Waals surface area contributed by atoms with Crippen LogP contribution in [0.4, 0.5) is 5.82 Å². The van der Waals surface area contributed by atoms with E-state index in [-0.39, 0.29) is 17.8 Å². The van der Waals surface area contributed by atoms with Crippen LogP contribution in [0.15, 0.2) is 47.1 Å². The summed E-state index contributed by atoms with van der Waals surface area (Å²) in [5, 5.41) is 0. The van der Waals surface area contributed by atoms with Crippen LogP contribution in [0.5, 0.6) is 5.75 Å². The molecule has 0 aliphatic carbocycles. The molecule has 24 heavy (non-hydrogen) atoms. The molecule has 4 nitrogen and oxygen atoms in total. The molecule has 2 aromatic rings. The second-order valence-electron chi connectivity index (χ2n) is 6.36. The Morgan fingerprint density at radius 3 is 2.58 bits per heavy atom. The maximum atomic E-state index is 11.2. The van der Waals surface area contributed by atoms with Gasteiger partial charge in [0.1, 0.15) is 23.5 Å². The van der Waals surface area contributed by atoms with Crippen LogP contribution in [0.1, 0.15) is 31.7 Å². The molecular formula is C19H21BrN2O2. The number of ketones is 1. The number of ether oxygens (including phenoxy) is 1. The van der Waals surface area contributed by atoms with Gasteiger partial charge in [0.15, 0.2) is 0 Å². The van der Waals surface area contributed by atoms with Crippen LogP contribution >= 0.6 is 15.9 Å². The Hall–Kier alpha value is -1.88. The van der Waals surface area contributed by atoms with Crippen molar-refractivity contribution in [2.24, 2.45) is 0 Å². The van der Waals surface area contributed by atoms with Crippen molar-refractivity contribution < 1.29 is 9.53 Å². The van der Waals surface area contributed by atoms with Crippen LogP contribution in [0.2, 0.25) is 0 Å². The molecule has 0 bridgehead atoms. The Balaban J connectivity index is 1.51. The van der Waals surface area contributed by atoms with Crippen molar-refractivity contribution in [1.82, 2.24) is 4.98 Å². The van der Waals surface area contributed by atoms with Crippen molar-refractivity contribution in [2.75, 3.05) is 18.0 Å². The Morgan fingerprint density at radius 2 is 2.00 bits per heavy atom. The van der Waals surface area contributed by atoms with Gasteiger partial charge in [-0.3, -0.25) is 0 Å². The highest BCUT2D eigenvalue weighted by molar-refractivity contribution is 9.10. The zero-order valence-corrected chi connectivity index (χ0v) is 15.5. The third-order valence-electron chi connectivity index (χ3n) is 4.23.